The third-order valence-electron chi connectivity index (χ3n) is 13.0. The van der Waals surface area contributed by atoms with Crippen molar-refractivity contribution in [1.82, 2.24) is 0 Å². The summed E-state index contributed by atoms with van der Waals surface area (Å²) in [5.74, 6) is -0.836. The highest BCUT2D eigenvalue weighted by atomic mass is 31.2. The standard InChI is InChI=1S/C63H114NO8P/c1-6-8-10-12-14-16-18-20-22-23-24-25-26-27-28-29-30-31-32-33-34-35-36-37-38-39-40-41-42-44-46-48-50-52-54-56-63(66)72-61(60-71-73(67,68)70-58-57-64(3,4)5)59-69-62(65)55-53-51-49-47-45-43-21-19-17-15-13-11-9-7-2/h8,10,14,16,19-22,24-25,27-28,61H,6-7,9,11-13,15,17-18,23,26,29-60H2,1-5H3/b10-8-,16-14-,21-19-,22-20-,25-24-,28-27-. The van der Waals surface area contributed by atoms with Crippen LogP contribution in [0.15, 0.2) is 72.9 Å². The van der Waals surface area contributed by atoms with Gasteiger partial charge in [-0.1, -0.05) is 241 Å². The zero-order chi connectivity index (χ0) is 53.5. The van der Waals surface area contributed by atoms with Gasteiger partial charge in [-0.2, -0.15) is 0 Å². The number of phosphoric acid groups is 1. The first kappa shape index (κ1) is 70.5. The summed E-state index contributed by atoms with van der Waals surface area (Å²) < 4.78 is 34.1. The Bertz CT molecular complexity index is 1460. The lowest BCUT2D eigenvalue weighted by molar-refractivity contribution is -0.870. The number of allylic oxidation sites excluding steroid dienone is 12. The Labute approximate surface area is 450 Å². The van der Waals surface area contributed by atoms with Crippen LogP contribution < -0.4 is 4.89 Å². The van der Waals surface area contributed by atoms with E-state index in [1.807, 2.05) is 21.1 Å². The zero-order valence-corrected chi connectivity index (χ0v) is 49.0. The van der Waals surface area contributed by atoms with E-state index in [1.165, 1.54) is 141 Å². The minimum Gasteiger partial charge on any atom is -0.756 e. The first-order chi connectivity index (χ1) is 35.5. The minimum atomic E-state index is -4.64. The Hall–Kier alpha value is -2.55. The van der Waals surface area contributed by atoms with Crippen LogP contribution in [0.4, 0.5) is 0 Å². The third-order valence-corrected chi connectivity index (χ3v) is 13.9. The van der Waals surface area contributed by atoms with Crippen molar-refractivity contribution >= 4 is 19.8 Å². The monoisotopic (exact) mass is 1040 g/mol. The van der Waals surface area contributed by atoms with Gasteiger partial charge in [-0.15, -0.1) is 0 Å². The normalized spacial score (nSPS) is 13.8. The summed E-state index contributed by atoms with van der Waals surface area (Å²) in [7, 11) is 1.17. The molecule has 2 unspecified atom stereocenters. The largest absolute Gasteiger partial charge is 0.756 e. The Kier molecular flexibility index (Phi) is 52.4. The third kappa shape index (κ3) is 58.6. The van der Waals surface area contributed by atoms with Gasteiger partial charge in [0.2, 0.25) is 0 Å². The van der Waals surface area contributed by atoms with Gasteiger partial charge < -0.3 is 27.9 Å². The molecule has 9 nitrogen and oxygen atoms in total. The molecule has 0 N–H and O–H groups in total. The number of ether oxygens (including phenoxy) is 2. The van der Waals surface area contributed by atoms with Gasteiger partial charge in [-0.05, 0) is 83.5 Å². The van der Waals surface area contributed by atoms with Gasteiger partial charge in [0, 0.05) is 12.8 Å². The molecule has 0 rings (SSSR count). The summed E-state index contributed by atoms with van der Waals surface area (Å²) in [5.41, 5.74) is 0. The first-order valence-electron chi connectivity index (χ1n) is 30.1. The van der Waals surface area contributed by atoms with Crippen molar-refractivity contribution in [3.63, 3.8) is 0 Å². The molecule has 0 aliphatic carbocycles. The molecule has 2 atom stereocenters. The molecule has 0 aromatic rings. The van der Waals surface area contributed by atoms with E-state index in [0.29, 0.717) is 17.4 Å². The maximum absolute atomic E-state index is 12.8. The van der Waals surface area contributed by atoms with Crippen molar-refractivity contribution in [2.24, 2.45) is 0 Å². The van der Waals surface area contributed by atoms with E-state index < -0.39 is 26.5 Å². The Morgan fingerprint density at radius 1 is 0.438 bits per heavy atom. The summed E-state index contributed by atoms with van der Waals surface area (Å²) in [4.78, 5) is 37.8. The van der Waals surface area contributed by atoms with Crippen molar-refractivity contribution in [3.8, 4) is 0 Å². The van der Waals surface area contributed by atoms with Crippen LogP contribution in [-0.4, -0.2) is 70.0 Å². The molecule has 0 aromatic carbocycles. The molecule has 0 saturated heterocycles. The Morgan fingerprint density at radius 3 is 1.18 bits per heavy atom. The van der Waals surface area contributed by atoms with Crippen LogP contribution in [0.25, 0.3) is 0 Å². The van der Waals surface area contributed by atoms with Crippen molar-refractivity contribution < 1.29 is 42.1 Å². The smallest absolute Gasteiger partial charge is 0.306 e. The van der Waals surface area contributed by atoms with E-state index in [2.05, 4.69) is 86.8 Å². The molecule has 0 heterocycles. The van der Waals surface area contributed by atoms with Gasteiger partial charge in [0.25, 0.3) is 7.82 Å². The molecule has 0 fully saturated rings. The highest BCUT2D eigenvalue weighted by Crippen LogP contribution is 2.38. The average molecular weight is 1040 g/mol. The SMILES string of the molecule is CC/C=C\C/C=C\C/C=C\C/C=C\C/C=C\CCCCCCCCCCCCCCCCCCCCCC(=O)OC(COC(=O)CCCCCCC/C=C\CCCCCCC)COP(=O)([O-])OCC[N+](C)(C)C. The lowest BCUT2D eigenvalue weighted by Crippen LogP contribution is -2.37. The number of likely N-dealkylation sites (N-methyl/N-ethyl adjacent to an activating group) is 1. The summed E-state index contributed by atoms with van der Waals surface area (Å²) in [5, 5.41) is 0. The molecule has 0 aliphatic heterocycles. The summed E-state index contributed by atoms with van der Waals surface area (Å²) in [6, 6.07) is 0. The van der Waals surface area contributed by atoms with Crippen LogP contribution >= 0.6 is 7.82 Å². The van der Waals surface area contributed by atoms with Crippen LogP contribution in [-0.2, 0) is 32.7 Å². The second-order valence-electron chi connectivity index (χ2n) is 21.3. The molecule has 0 bridgehead atoms. The number of esters is 2. The van der Waals surface area contributed by atoms with E-state index in [9.17, 15) is 19.0 Å². The number of carbonyl (C=O) groups is 2. The molecular weight excluding hydrogens is 930 g/mol. The fourth-order valence-corrected chi connectivity index (χ4v) is 9.05. The van der Waals surface area contributed by atoms with E-state index in [1.54, 1.807) is 0 Å². The molecule has 10 heteroatoms. The molecule has 424 valence electrons. The zero-order valence-electron chi connectivity index (χ0n) is 48.1. The Morgan fingerprint density at radius 2 is 0.781 bits per heavy atom. The van der Waals surface area contributed by atoms with E-state index >= 15 is 0 Å². The lowest BCUT2D eigenvalue weighted by Gasteiger charge is -2.28. The van der Waals surface area contributed by atoms with Gasteiger partial charge in [0.15, 0.2) is 6.10 Å². The number of hydrogen-bond donors (Lipinski definition) is 0. The number of rotatable bonds is 55. The van der Waals surface area contributed by atoms with E-state index in [4.69, 9.17) is 18.5 Å². The number of nitrogens with zero attached hydrogens (tertiary/aromatic N) is 1. The maximum Gasteiger partial charge on any atom is 0.306 e. The number of phosphoric ester groups is 1. The topological polar surface area (TPSA) is 111 Å². The molecular formula is C63H114NO8P. The second kappa shape index (κ2) is 54.2. The van der Waals surface area contributed by atoms with Crippen molar-refractivity contribution in [3.05, 3.63) is 72.9 Å². The van der Waals surface area contributed by atoms with Crippen molar-refractivity contribution in [2.45, 2.75) is 270 Å². The van der Waals surface area contributed by atoms with Crippen molar-refractivity contribution in [1.29, 1.82) is 0 Å². The molecule has 0 aromatic heterocycles. The van der Waals surface area contributed by atoms with Gasteiger partial charge in [-0.3, -0.25) is 14.2 Å². The number of hydrogen-bond acceptors (Lipinski definition) is 8. The van der Waals surface area contributed by atoms with Crippen LogP contribution in [0.5, 0.6) is 0 Å². The lowest BCUT2D eigenvalue weighted by atomic mass is 10.0. The summed E-state index contributed by atoms with van der Waals surface area (Å²) in [6.45, 7) is 4.12. The molecule has 0 radical (unpaired) electrons. The fraction of sp³-hybridized carbons (Fsp3) is 0.778. The molecule has 0 spiro atoms. The highest BCUT2D eigenvalue weighted by Gasteiger charge is 2.22. The minimum absolute atomic E-state index is 0.0323. The second-order valence-corrected chi connectivity index (χ2v) is 22.7. The first-order valence-corrected chi connectivity index (χ1v) is 31.6. The number of unbranched alkanes of at least 4 members (excludes halogenated alkanes) is 29. The van der Waals surface area contributed by atoms with Gasteiger partial charge >= 0.3 is 11.9 Å². The molecule has 0 saturated carbocycles. The highest BCUT2D eigenvalue weighted by molar-refractivity contribution is 7.45. The van der Waals surface area contributed by atoms with E-state index in [0.717, 1.165) is 89.9 Å². The molecule has 0 aliphatic rings. The predicted molar refractivity (Wildman–Crippen MR) is 309 cm³/mol. The van der Waals surface area contributed by atoms with Crippen LogP contribution in [0.2, 0.25) is 0 Å². The predicted octanol–water partition coefficient (Wildman–Crippen LogP) is 18.2. The van der Waals surface area contributed by atoms with Gasteiger partial charge in [0.05, 0.1) is 27.7 Å². The van der Waals surface area contributed by atoms with Gasteiger partial charge in [0.1, 0.15) is 19.8 Å². The number of quaternary nitrogens is 1. The van der Waals surface area contributed by atoms with Gasteiger partial charge in [-0.25, -0.2) is 0 Å². The van der Waals surface area contributed by atoms with E-state index in [-0.39, 0.29) is 32.0 Å². The Balaban J connectivity index is 4.00. The number of carbonyl (C=O) groups excluding carboxylic acids is 2. The quantitative estimate of drug-likeness (QED) is 0.0195. The fourth-order valence-electron chi connectivity index (χ4n) is 8.33. The van der Waals surface area contributed by atoms with Crippen LogP contribution in [0.1, 0.15) is 264 Å². The molecule has 0 amide bonds. The van der Waals surface area contributed by atoms with Crippen LogP contribution in [0.3, 0.4) is 0 Å². The molecule has 73 heavy (non-hydrogen) atoms. The average Bonchev–Trinajstić information content (AvgIpc) is 3.35. The summed E-state index contributed by atoms with van der Waals surface area (Å²) in [6.07, 6.45) is 71.1. The van der Waals surface area contributed by atoms with Crippen molar-refractivity contribution in [2.75, 3.05) is 47.5 Å². The summed E-state index contributed by atoms with van der Waals surface area (Å²) >= 11 is 0. The van der Waals surface area contributed by atoms with Crippen LogP contribution in [0, 0.1) is 0 Å². The maximum atomic E-state index is 12.8.